The normalized spacial score (nSPS) is 10.6. The van der Waals surface area contributed by atoms with Gasteiger partial charge in [0, 0.05) is 4.88 Å². The Kier molecular flexibility index (Phi) is 4.19. The smallest absolute Gasteiger partial charge is 0.349 e. The van der Waals surface area contributed by atoms with Crippen molar-refractivity contribution < 1.29 is 14.6 Å². The van der Waals surface area contributed by atoms with Crippen molar-refractivity contribution in [2.24, 2.45) is 0 Å². The summed E-state index contributed by atoms with van der Waals surface area (Å²) >= 11 is 1.26. The van der Waals surface area contributed by atoms with E-state index in [2.05, 4.69) is 11.8 Å². The average Bonchev–Trinajstić information content (AvgIpc) is 2.61. The van der Waals surface area contributed by atoms with Crippen molar-refractivity contribution in [3.63, 3.8) is 0 Å². The highest BCUT2D eigenvalue weighted by Gasteiger charge is 2.23. The molecular formula is C13H16O3S. The highest BCUT2D eigenvalue weighted by atomic mass is 32.1. The Balaban J connectivity index is 3.04. The maximum absolute atomic E-state index is 11.1. The molecule has 92 valence electrons. The van der Waals surface area contributed by atoms with Crippen molar-refractivity contribution >= 4 is 17.3 Å². The minimum atomic E-state index is -0.954. The van der Waals surface area contributed by atoms with Gasteiger partial charge in [0.2, 0.25) is 0 Å². The number of carboxylic acid groups (broad SMARTS) is 1. The largest absolute Gasteiger partial charge is 0.479 e. The minimum Gasteiger partial charge on any atom is -0.479 e. The first-order valence-electron chi connectivity index (χ1n) is 5.26. The van der Waals surface area contributed by atoms with Crippen LogP contribution in [-0.4, -0.2) is 17.7 Å². The molecule has 0 radical (unpaired) electrons. The molecule has 3 nitrogen and oxygen atoms in total. The maximum Gasteiger partial charge on any atom is 0.349 e. The number of carboxylic acids is 1. The van der Waals surface area contributed by atoms with Crippen molar-refractivity contribution in [2.45, 2.75) is 33.1 Å². The standard InChI is InChI=1S/C13H16O3S/c1-5-6-7-16-9-8-10(13(2,3)4)17-11(9)12(14)15/h8H,7H2,1-4H3,(H,14,15). The highest BCUT2D eigenvalue weighted by Crippen LogP contribution is 2.36. The first kappa shape index (κ1) is 13.6. The second kappa shape index (κ2) is 5.24. The van der Waals surface area contributed by atoms with E-state index in [1.807, 2.05) is 20.8 Å². The quantitative estimate of drug-likeness (QED) is 0.841. The molecule has 0 bridgehead atoms. The third-order valence-electron chi connectivity index (χ3n) is 2.11. The lowest BCUT2D eigenvalue weighted by molar-refractivity contribution is 0.0698. The van der Waals surface area contributed by atoms with Gasteiger partial charge < -0.3 is 9.84 Å². The van der Waals surface area contributed by atoms with Gasteiger partial charge in [0.25, 0.3) is 0 Å². The predicted molar refractivity (Wildman–Crippen MR) is 68.9 cm³/mol. The van der Waals surface area contributed by atoms with Crippen LogP contribution in [0.3, 0.4) is 0 Å². The van der Waals surface area contributed by atoms with Crippen molar-refractivity contribution in [1.29, 1.82) is 0 Å². The Labute approximate surface area is 105 Å². The van der Waals surface area contributed by atoms with E-state index in [-0.39, 0.29) is 16.9 Å². The zero-order valence-corrected chi connectivity index (χ0v) is 11.3. The molecule has 0 saturated carbocycles. The number of thiophene rings is 1. The molecule has 0 fully saturated rings. The van der Waals surface area contributed by atoms with Crippen LogP contribution in [0, 0.1) is 11.8 Å². The van der Waals surface area contributed by atoms with Crippen molar-refractivity contribution in [3.05, 3.63) is 15.8 Å². The number of hydrogen-bond acceptors (Lipinski definition) is 3. The van der Waals surface area contributed by atoms with Gasteiger partial charge in [0.05, 0.1) is 0 Å². The van der Waals surface area contributed by atoms with Crippen LogP contribution in [-0.2, 0) is 5.41 Å². The van der Waals surface area contributed by atoms with Crippen molar-refractivity contribution in [1.82, 2.24) is 0 Å². The zero-order valence-electron chi connectivity index (χ0n) is 10.5. The maximum atomic E-state index is 11.1. The lowest BCUT2D eigenvalue weighted by Gasteiger charge is -2.14. The number of carbonyl (C=O) groups is 1. The van der Waals surface area contributed by atoms with Gasteiger partial charge in [-0.2, -0.15) is 0 Å². The summed E-state index contributed by atoms with van der Waals surface area (Å²) in [6, 6.07) is 1.80. The van der Waals surface area contributed by atoms with E-state index in [1.54, 1.807) is 13.0 Å². The fourth-order valence-corrected chi connectivity index (χ4v) is 2.18. The predicted octanol–water partition coefficient (Wildman–Crippen LogP) is 3.15. The number of aromatic carboxylic acids is 1. The molecule has 0 unspecified atom stereocenters. The van der Waals surface area contributed by atoms with E-state index in [0.717, 1.165) is 4.88 Å². The molecule has 17 heavy (non-hydrogen) atoms. The molecule has 0 amide bonds. The fraction of sp³-hybridized carbons (Fsp3) is 0.462. The number of ether oxygens (including phenoxy) is 1. The topological polar surface area (TPSA) is 46.5 Å². The third-order valence-corrected chi connectivity index (χ3v) is 3.64. The Morgan fingerprint density at radius 2 is 2.18 bits per heavy atom. The molecule has 1 aromatic rings. The summed E-state index contributed by atoms with van der Waals surface area (Å²) < 4.78 is 5.37. The van der Waals surface area contributed by atoms with Gasteiger partial charge in [-0.25, -0.2) is 4.79 Å². The molecule has 4 heteroatoms. The Hall–Kier alpha value is -1.47. The molecule has 0 atom stereocenters. The summed E-state index contributed by atoms with van der Waals surface area (Å²) in [5.74, 6) is 4.91. The summed E-state index contributed by atoms with van der Waals surface area (Å²) in [5, 5.41) is 9.10. The zero-order chi connectivity index (χ0) is 13.1. The van der Waals surface area contributed by atoms with Crippen LogP contribution in [0.4, 0.5) is 0 Å². The van der Waals surface area contributed by atoms with Gasteiger partial charge in [-0.05, 0) is 18.4 Å². The minimum absolute atomic E-state index is 0.0765. The van der Waals surface area contributed by atoms with Gasteiger partial charge in [-0.1, -0.05) is 26.7 Å². The molecular weight excluding hydrogens is 236 g/mol. The lowest BCUT2D eigenvalue weighted by Crippen LogP contribution is -2.08. The Bertz CT molecular complexity index is 469. The van der Waals surface area contributed by atoms with Crippen LogP contribution in [0.2, 0.25) is 0 Å². The van der Waals surface area contributed by atoms with Gasteiger partial charge in [-0.15, -0.1) is 17.3 Å². The molecule has 0 aliphatic heterocycles. The molecule has 1 heterocycles. The van der Waals surface area contributed by atoms with Crippen LogP contribution in [0.1, 0.15) is 42.2 Å². The van der Waals surface area contributed by atoms with E-state index < -0.39 is 5.97 Å². The van der Waals surface area contributed by atoms with Crippen LogP contribution in [0.15, 0.2) is 6.07 Å². The third kappa shape index (κ3) is 3.50. The SMILES string of the molecule is CC#CCOc1cc(C(C)(C)C)sc1C(=O)O. The fourth-order valence-electron chi connectivity index (χ4n) is 1.19. The molecule has 0 aromatic carbocycles. The van der Waals surface area contributed by atoms with Gasteiger partial charge in [0.1, 0.15) is 12.4 Å². The molecule has 0 saturated heterocycles. The van der Waals surface area contributed by atoms with Crippen LogP contribution in [0.5, 0.6) is 5.75 Å². The lowest BCUT2D eigenvalue weighted by atomic mass is 9.95. The highest BCUT2D eigenvalue weighted by molar-refractivity contribution is 7.14. The molecule has 1 rings (SSSR count). The van der Waals surface area contributed by atoms with Crippen LogP contribution < -0.4 is 4.74 Å². The summed E-state index contributed by atoms with van der Waals surface area (Å²) in [5.41, 5.74) is -0.0765. The molecule has 0 aliphatic rings. The van der Waals surface area contributed by atoms with Crippen molar-refractivity contribution in [2.75, 3.05) is 6.61 Å². The van der Waals surface area contributed by atoms with E-state index >= 15 is 0 Å². The Morgan fingerprint density at radius 1 is 1.53 bits per heavy atom. The van der Waals surface area contributed by atoms with E-state index in [0.29, 0.717) is 5.75 Å². The first-order valence-corrected chi connectivity index (χ1v) is 6.08. The number of rotatable bonds is 3. The van der Waals surface area contributed by atoms with E-state index in [9.17, 15) is 4.79 Å². The van der Waals surface area contributed by atoms with Gasteiger partial charge in [-0.3, -0.25) is 0 Å². The second-order valence-electron chi connectivity index (χ2n) is 4.57. The summed E-state index contributed by atoms with van der Waals surface area (Å²) in [4.78, 5) is 12.3. The first-order chi connectivity index (χ1) is 7.86. The van der Waals surface area contributed by atoms with E-state index in [4.69, 9.17) is 9.84 Å². The van der Waals surface area contributed by atoms with Gasteiger partial charge in [0.15, 0.2) is 4.88 Å². The summed E-state index contributed by atoms with van der Waals surface area (Å²) in [6.45, 7) is 8.06. The Morgan fingerprint density at radius 3 is 2.65 bits per heavy atom. The molecule has 0 aliphatic carbocycles. The summed E-state index contributed by atoms with van der Waals surface area (Å²) in [6.07, 6.45) is 0. The molecule has 1 N–H and O–H groups in total. The monoisotopic (exact) mass is 252 g/mol. The molecule has 1 aromatic heterocycles. The molecule has 0 spiro atoms. The van der Waals surface area contributed by atoms with Crippen LogP contribution >= 0.6 is 11.3 Å². The van der Waals surface area contributed by atoms with Crippen LogP contribution in [0.25, 0.3) is 0 Å². The average molecular weight is 252 g/mol. The van der Waals surface area contributed by atoms with Crippen molar-refractivity contribution in [3.8, 4) is 17.6 Å². The summed E-state index contributed by atoms with van der Waals surface area (Å²) in [7, 11) is 0. The van der Waals surface area contributed by atoms with Gasteiger partial charge >= 0.3 is 5.97 Å². The van der Waals surface area contributed by atoms with E-state index in [1.165, 1.54) is 11.3 Å². The number of hydrogen-bond donors (Lipinski definition) is 1. The second-order valence-corrected chi connectivity index (χ2v) is 5.63.